The number of non-ortho nitro benzene ring substituents is 1. The fraction of sp³-hybridized carbons (Fsp3) is 0.500. The standard InChI is InChI=1S/C14H16ClN3O5S/c1-13(10-6-9(18(19)20)2-3-11(10)15)8-24(21,22)14(12(16)17-13)4-5-23-7-14/h2-3,6H,4-5,7-8H2,1H3,(H2,16,17)/t13-,14-/m0/s1. The van der Waals surface area contributed by atoms with Gasteiger partial charge in [0.1, 0.15) is 5.84 Å². The van der Waals surface area contributed by atoms with E-state index in [1.165, 1.54) is 18.2 Å². The first kappa shape index (κ1) is 17.1. The zero-order valence-electron chi connectivity index (χ0n) is 12.8. The topological polar surface area (TPSA) is 122 Å². The number of halogens is 1. The van der Waals surface area contributed by atoms with Gasteiger partial charge in [0.25, 0.3) is 5.69 Å². The maximum Gasteiger partial charge on any atom is 0.269 e. The lowest BCUT2D eigenvalue weighted by Gasteiger charge is -2.44. The molecule has 2 saturated heterocycles. The number of nitrogens with one attached hydrogen (secondary N) is 2. The summed E-state index contributed by atoms with van der Waals surface area (Å²) in [5.74, 6) is -0.483. The second kappa shape index (κ2) is 5.40. The smallest absolute Gasteiger partial charge is 0.269 e. The SMILES string of the molecule is C[C@@]1(c2cc([N+](=O)[O-])ccc2Cl)CS(=O)(=O)[C@]2(CCOC2)C(=N)N1. The summed E-state index contributed by atoms with van der Waals surface area (Å²) in [5, 5.41) is 22.4. The highest BCUT2D eigenvalue weighted by atomic mass is 35.5. The van der Waals surface area contributed by atoms with Crippen LogP contribution in [0.3, 0.4) is 0 Å². The Bertz CT molecular complexity index is 835. The summed E-state index contributed by atoms with van der Waals surface area (Å²) in [5.41, 5.74) is -1.14. The summed E-state index contributed by atoms with van der Waals surface area (Å²) in [6, 6.07) is 3.87. The number of benzene rings is 1. The first-order valence-corrected chi connectivity index (χ1v) is 9.26. The van der Waals surface area contributed by atoms with Crippen molar-refractivity contribution in [2.45, 2.75) is 23.6 Å². The van der Waals surface area contributed by atoms with Crippen molar-refractivity contribution in [3.8, 4) is 0 Å². The molecule has 0 aromatic heterocycles. The highest BCUT2D eigenvalue weighted by molar-refractivity contribution is 7.93. The van der Waals surface area contributed by atoms with E-state index >= 15 is 0 Å². The normalized spacial score (nSPS) is 31.8. The first-order valence-electron chi connectivity index (χ1n) is 7.23. The Morgan fingerprint density at radius 1 is 1.46 bits per heavy atom. The second-order valence-corrected chi connectivity index (χ2v) is 9.02. The number of nitrogens with zero attached hydrogens (tertiary/aromatic N) is 1. The Morgan fingerprint density at radius 2 is 2.17 bits per heavy atom. The van der Waals surface area contributed by atoms with Crippen LogP contribution in [0.2, 0.25) is 5.02 Å². The monoisotopic (exact) mass is 373 g/mol. The van der Waals surface area contributed by atoms with E-state index in [0.29, 0.717) is 0 Å². The van der Waals surface area contributed by atoms with E-state index in [4.69, 9.17) is 21.7 Å². The number of hydrogen-bond donors (Lipinski definition) is 2. The minimum atomic E-state index is -3.72. The van der Waals surface area contributed by atoms with Gasteiger partial charge in [-0.1, -0.05) is 11.6 Å². The molecule has 1 aromatic carbocycles. The van der Waals surface area contributed by atoms with Crippen LogP contribution >= 0.6 is 11.6 Å². The first-order chi connectivity index (χ1) is 11.1. The maximum absolute atomic E-state index is 12.9. The number of amidine groups is 1. The lowest BCUT2D eigenvalue weighted by molar-refractivity contribution is -0.385. The Hall–Kier alpha value is -1.71. The molecule has 2 atom stereocenters. The third-order valence-corrected chi connectivity index (χ3v) is 7.67. The van der Waals surface area contributed by atoms with E-state index in [1.54, 1.807) is 6.92 Å². The maximum atomic E-state index is 12.9. The van der Waals surface area contributed by atoms with Gasteiger partial charge in [0.2, 0.25) is 0 Å². The molecule has 3 rings (SSSR count). The van der Waals surface area contributed by atoms with Gasteiger partial charge < -0.3 is 10.1 Å². The molecule has 2 aliphatic heterocycles. The van der Waals surface area contributed by atoms with Crippen molar-refractivity contribution in [2.24, 2.45) is 0 Å². The molecule has 10 heteroatoms. The number of nitro benzene ring substituents is 1. The Labute approximate surface area is 143 Å². The molecule has 0 saturated carbocycles. The molecule has 2 N–H and O–H groups in total. The lowest BCUT2D eigenvalue weighted by Crippen LogP contribution is -2.66. The van der Waals surface area contributed by atoms with Gasteiger partial charge in [-0.25, -0.2) is 8.42 Å². The van der Waals surface area contributed by atoms with E-state index in [2.05, 4.69) is 5.32 Å². The van der Waals surface area contributed by atoms with Gasteiger partial charge in [0.05, 0.1) is 22.8 Å². The van der Waals surface area contributed by atoms with Crippen LogP contribution in [0.25, 0.3) is 0 Å². The summed E-state index contributed by atoms with van der Waals surface area (Å²) in [7, 11) is -3.72. The highest BCUT2D eigenvalue weighted by Crippen LogP contribution is 2.41. The molecule has 0 aliphatic carbocycles. The van der Waals surface area contributed by atoms with Crippen LogP contribution in [0, 0.1) is 15.5 Å². The molecule has 2 aliphatic rings. The van der Waals surface area contributed by atoms with Gasteiger partial charge in [0, 0.05) is 29.3 Å². The van der Waals surface area contributed by atoms with Crippen molar-refractivity contribution in [1.82, 2.24) is 5.32 Å². The largest absolute Gasteiger partial charge is 0.379 e. The summed E-state index contributed by atoms with van der Waals surface area (Å²) in [6.45, 7) is 1.80. The summed E-state index contributed by atoms with van der Waals surface area (Å²) >= 11 is 6.16. The lowest BCUT2D eigenvalue weighted by atomic mass is 9.91. The van der Waals surface area contributed by atoms with Crippen molar-refractivity contribution >= 4 is 33.0 Å². The predicted molar refractivity (Wildman–Crippen MR) is 88.3 cm³/mol. The minimum absolute atomic E-state index is 0.0556. The van der Waals surface area contributed by atoms with Crippen LogP contribution in [-0.2, 0) is 20.1 Å². The van der Waals surface area contributed by atoms with Crippen molar-refractivity contribution in [3.05, 3.63) is 38.9 Å². The summed E-state index contributed by atoms with van der Waals surface area (Å²) in [4.78, 5) is 10.4. The summed E-state index contributed by atoms with van der Waals surface area (Å²) < 4.78 is 29.7. The molecular weight excluding hydrogens is 358 g/mol. The van der Waals surface area contributed by atoms with Gasteiger partial charge >= 0.3 is 0 Å². The Morgan fingerprint density at radius 3 is 2.71 bits per heavy atom. The molecule has 0 unspecified atom stereocenters. The Kier molecular flexibility index (Phi) is 3.85. The van der Waals surface area contributed by atoms with Crippen LogP contribution in [0.4, 0.5) is 5.69 Å². The van der Waals surface area contributed by atoms with Gasteiger partial charge in [-0.2, -0.15) is 0 Å². The zero-order chi connectivity index (χ0) is 17.8. The fourth-order valence-electron chi connectivity index (χ4n) is 3.28. The van der Waals surface area contributed by atoms with Crippen molar-refractivity contribution < 1.29 is 18.1 Å². The number of hydrogen-bond acceptors (Lipinski definition) is 6. The molecule has 24 heavy (non-hydrogen) atoms. The van der Waals surface area contributed by atoms with E-state index in [-0.39, 0.29) is 47.5 Å². The Balaban J connectivity index is 2.09. The molecule has 2 heterocycles. The van der Waals surface area contributed by atoms with E-state index in [0.717, 1.165) is 0 Å². The molecule has 8 nitrogen and oxygen atoms in total. The number of nitro groups is 1. The third kappa shape index (κ3) is 2.38. The molecule has 0 amide bonds. The summed E-state index contributed by atoms with van der Waals surface area (Å²) in [6.07, 6.45) is 0.222. The van der Waals surface area contributed by atoms with Crippen molar-refractivity contribution in [1.29, 1.82) is 5.41 Å². The third-order valence-electron chi connectivity index (χ3n) is 4.67. The molecule has 0 bridgehead atoms. The number of ether oxygens (including phenoxy) is 1. The molecule has 2 fully saturated rings. The van der Waals surface area contributed by atoms with Gasteiger partial charge in [-0.3, -0.25) is 15.5 Å². The van der Waals surface area contributed by atoms with E-state index in [9.17, 15) is 18.5 Å². The molecular formula is C14H16ClN3O5S. The van der Waals surface area contributed by atoms with Gasteiger partial charge in [0.15, 0.2) is 14.6 Å². The average molecular weight is 374 g/mol. The minimum Gasteiger partial charge on any atom is -0.379 e. The highest BCUT2D eigenvalue weighted by Gasteiger charge is 2.58. The van der Waals surface area contributed by atoms with Crippen LogP contribution < -0.4 is 5.32 Å². The number of rotatable bonds is 2. The van der Waals surface area contributed by atoms with Crippen molar-refractivity contribution in [3.63, 3.8) is 0 Å². The molecule has 130 valence electrons. The van der Waals surface area contributed by atoms with Gasteiger partial charge in [-0.15, -0.1) is 0 Å². The molecule has 0 radical (unpaired) electrons. The predicted octanol–water partition coefficient (Wildman–Crippen LogP) is 1.62. The van der Waals surface area contributed by atoms with Crippen LogP contribution in [0.15, 0.2) is 18.2 Å². The number of sulfone groups is 1. The van der Waals surface area contributed by atoms with Crippen LogP contribution in [0.5, 0.6) is 0 Å². The molecule has 1 aromatic rings. The zero-order valence-corrected chi connectivity index (χ0v) is 14.4. The molecule has 1 spiro atoms. The average Bonchev–Trinajstić information content (AvgIpc) is 2.96. The van der Waals surface area contributed by atoms with Crippen LogP contribution in [-0.4, -0.2) is 42.9 Å². The van der Waals surface area contributed by atoms with Crippen molar-refractivity contribution in [2.75, 3.05) is 19.0 Å². The van der Waals surface area contributed by atoms with Gasteiger partial charge in [-0.05, 0) is 19.4 Å². The second-order valence-electron chi connectivity index (χ2n) is 6.31. The fourth-order valence-corrected chi connectivity index (χ4v) is 5.89. The quantitative estimate of drug-likeness (QED) is 0.599. The van der Waals surface area contributed by atoms with E-state index < -0.39 is 25.0 Å². The van der Waals surface area contributed by atoms with Crippen LogP contribution in [0.1, 0.15) is 18.9 Å². The van der Waals surface area contributed by atoms with E-state index in [1.807, 2.05) is 0 Å².